The van der Waals surface area contributed by atoms with Gasteiger partial charge in [-0.1, -0.05) is 60.1 Å². The Kier molecular flexibility index (Phi) is 8.97. The Morgan fingerprint density at radius 3 is 2.29 bits per heavy atom. The van der Waals surface area contributed by atoms with Gasteiger partial charge in [0.05, 0.1) is 19.8 Å². The summed E-state index contributed by atoms with van der Waals surface area (Å²) in [6.07, 6.45) is 9.37. The minimum atomic E-state index is -1.22. The van der Waals surface area contributed by atoms with Gasteiger partial charge in [-0.05, 0) is 31.6 Å². The van der Waals surface area contributed by atoms with Gasteiger partial charge in [-0.25, -0.2) is 0 Å². The third-order valence-corrected chi connectivity index (χ3v) is 5.00. The lowest BCUT2D eigenvalue weighted by Crippen LogP contribution is -2.41. The monoisotopic (exact) mass is 356 g/mol. The highest BCUT2D eigenvalue weighted by Gasteiger charge is 2.41. The zero-order valence-electron chi connectivity index (χ0n) is 12.9. The van der Waals surface area contributed by atoms with Crippen LogP contribution in [0.1, 0.15) is 44.9 Å². The molecule has 124 valence electrons. The highest BCUT2D eigenvalue weighted by atomic mass is 35.6. The first kappa shape index (κ1) is 19.6. The molecule has 1 atom stereocenters. The lowest BCUT2D eigenvalue weighted by Gasteiger charge is -2.43. The van der Waals surface area contributed by atoms with E-state index < -0.39 is 3.79 Å². The van der Waals surface area contributed by atoms with Gasteiger partial charge in [-0.15, -0.1) is 6.58 Å². The summed E-state index contributed by atoms with van der Waals surface area (Å²) in [4.78, 5) is 0. The van der Waals surface area contributed by atoms with Crippen LogP contribution in [0.2, 0.25) is 0 Å². The summed E-state index contributed by atoms with van der Waals surface area (Å²) in [5.74, 6) is 0.573. The van der Waals surface area contributed by atoms with Crippen LogP contribution in [0, 0.1) is 11.3 Å². The second-order valence-corrected chi connectivity index (χ2v) is 8.57. The van der Waals surface area contributed by atoms with E-state index in [0.717, 1.165) is 6.42 Å². The molecule has 5 heteroatoms. The molecule has 0 amide bonds. The topological polar surface area (TPSA) is 18.5 Å². The maximum Gasteiger partial charge on any atom is 0.190 e. The second-order valence-electron chi connectivity index (χ2n) is 6.05. The van der Waals surface area contributed by atoms with E-state index in [9.17, 15) is 0 Å². The summed E-state index contributed by atoms with van der Waals surface area (Å²) in [6, 6.07) is 0. The summed E-state index contributed by atoms with van der Waals surface area (Å²) >= 11 is 17.9. The number of hydrogen-bond acceptors (Lipinski definition) is 2. The molecule has 0 heterocycles. The molecule has 0 aliphatic heterocycles. The highest BCUT2D eigenvalue weighted by Crippen LogP contribution is 2.45. The Morgan fingerprint density at radius 2 is 1.76 bits per heavy atom. The van der Waals surface area contributed by atoms with Crippen molar-refractivity contribution in [1.29, 1.82) is 0 Å². The number of rotatable bonds is 9. The van der Waals surface area contributed by atoms with Gasteiger partial charge in [0.1, 0.15) is 0 Å². The number of alkyl halides is 3. The van der Waals surface area contributed by atoms with Gasteiger partial charge in [0.25, 0.3) is 0 Å². The average molecular weight is 358 g/mol. The van der Waals surface area contributed by atoms with Crippen molar-refractivity contribution < 1.29 is 9.47 Å². The molecule has 0 N–H and O–H groups in total. The fourth-order valence-corrected chi connectivity index (χ4v) is 3.65. The molecule has 0 radical (unpaired) electrons. The number of methoxy groups -OCH3 is 1. The smallest absolute Gasteiger partial charge is 0.190 e. The summed E-state index contributed by atoms with van der Waals surface area (Å²) in [5.41, 5.74) is -0.0674. The maximum absolute atomic E-state index is 5.97. The van der Waals surface area contributed by atoms with Crippen molar-refractivity contribution in [2.75, 3.05) is 26.9 Å². The van der Waals surface area contributed by atoms with Crippen molar-refractivity contribution in [1.82, 2.24) is 0 Å². The Labute approximate surface area is 144 Å². The quantitative estimate of drug-likeness (QED) is 0.306. The van der Waals surface area contributed by atoms with Crippen LogP contribution in [0.15, 0.2) is 12.7 Å². The third-order valence-electron chi connectivity index (χ3n) is 4.43. The fourth-order valence-electron chi connectivity index (χ4n) is 3.36. The molecule has 1 unspecified atom stereocenters. The molecule has 1 fully saturated rings. The molecule has 1 aliphatic rings. The SMILES string of the molecule is C=CCOCC(CCC(Cl)(Cl)Cl)(COC)C1CCCCC1. The van der Waals surface area contributed by atoms with E-state index in [0.29, 0.717) is 32.2 Å². The van der Waals surface area contributed by atoms with Crippen LogP contribution >= 0.6 is 34.8 Å². The van der Waals surface area contributed by atoms with Gasteiger partial charge in [0.2, 0.25) is 0 Å². The van der Waals surface area contributed by atoms with E-state index in [1.807, 2.05) is 0 Å². The molecule has 0 saturated heterocycles. The number of hydrogen-bond donors (Lipinski definition) is 0. The van der Waals surface area contributed by atoms with Crippen LogP contribution in [-0.2, 0) is 9.47 Å². The third kappa shape index (κ3) is 7.09. The van der Waals surface area contributed by atoms with Gasteiger partial charge < -0.3 is 9.47 Å². The zero-order valence-corrected chi connectivity index (χ0v) is 15.2. The van der Waals surface area contributed by atoms with Crippen LogP contribution in [0.3, 0.4) is 0 Å². The minimum Gasteiger partial charge on any atom is -0.384 e. The normalized spacial score (nSPS) is 20.2. The number of ether oxygens (including phenoxy) is 2. The fraction of sp³-hybridized carbons (Fsp3) is 0.875. The van der Waals surface area contributed by atoms with Gasteiger partial charge in [0, 0.05) is 12.5 Å². The molecule has 0 aromatic heterocycles. The van der Waals surface area contributed by atoms with E-state index >= 15 is 0 Å². The van der Waals surface area contributed by atoms with E-state index in [1.54, 1.807) is 13.2 Å². The Hall–Kier alpha value is 0.530. The number of halogens is 3. The summed E-state index contributed by atoms with van der Waals surface area (Å²) in [5, 5.41) is 0. The molecule has 1 rings (SSSR count). The van der Waals surface area contributed by atoms with Gasteiger partial charge in [0.15, 0.2) is 3.79 Å². The molecule has 1 saturated carbocycles. The second kappa shape index (κ2) is 9.62. The van der Waals surface area contributed by atoms with Crippen LogP contribution in [0.5, 0.6) is 0 Å². The molecule has 2 nitrogen and oxygen atoms in total. The average Bonchev–Trinajstić information content (AvgIpc) is 2.45. The molecular formula is C16H27Cl3O2. The Balaban J connectivity index is 2.81. The van der Waals surface area contributed by atoms with Crippen LogP contribution in [0.25, 0.3) is 0 Å². The van der Waals surface area contributed by atoms with E-state index in [2.05, 4.69) is 6.58 Å². The minimum absolute atomic E-state index is 0.0674. The van der Waals surface area contributed by atoms with Gasteiger partial charge in [-0.2, -0.15) is 0 Å². The Morgan fingerprint density at radius 1 is 1.10 bits per heavy atom. The van der Waals surface area contributed by atoms with Gasteiger partial charge >= 0.3 is 0 Å². The van der Waals surface area contributed by atoms with Crippen LogP contribution in [0.4, 0.5) is 0 Å². The first-order valence-electron chi connectivity index (χ1n) is 7.68. The lowest BCUT2D eigenvalue weighted by molar-refractivity contribution is -0.0542. The van der Waals surface area contributed by atoms with E-state index in [1.165, 1.54) is 32.1 Å². The summed E-state index contributed by atoms with van der Waals surface area (Å²) in [7, 11) is 1.74. The first-order valence-corrected chi connectivity index (χ1v) is 8.81. The molecule has 0 aromatic rings. The van der Waals surface area contributed by atoms with Crippen molar-refractivity contribution in [3.05, 3.63) is 12.7 Å². The van der Waals surface area contributed by atoms with Crippen molar-refractivity contribution >= 4 is 34.8 Å². The van der Waals surface area contributed by atoms with E-state index in [4.69, 9.17) is 44.3 Å². The van der Waals surface area contributed by atoms with Gasteiger partial charge in [-0.3, -0.25) is 0 Å². The standard InChI is InChI=1S/C16H27Cl3O2/c1-3-11-21-13-15(12-20-2,9-10-16(17,18)19)14-7-5-4-6-8-14/h3,14H,1,4-13H2,2H3. The van der Waals surface area contributed by atoms with Crippen LogP contribution < -0.4 is 0 Å². The largest absolute Gasteiger partial charge is 0.384 e. The summed E-state index contributed by atoms with van der Waals surface area (Å²) < 4.78 is 10.1. The molecular weight excluding hydrogens is 331 g/mol. The Bertz CT molecular complexity index is 298. The molecule has 0 aromatic carbocycles. The van der Waals surface area contributed by atoms with Crippen molar-refractivity contribution in [3.63, 3.8) is 0 Å². The van der Waals surface area contributed by atoms with E-state index in [-0.39, 0.29) is 5.41 Å². The summed E-state index contributed by atoms with van der Waals surface area (Å²) in [6.45, 7) is 5.54. The maximum atomic E-state index is 5.97. The predicted octanol–water partition coefficient (Wildman–Crippen LogP) is 5.55. The highest BCUT2D eigenvalue weighted by molar-refractivity contribution is 6.67. The molecule has 1 aliphatic carbocycles. The molecule has 0 bridgehead atoms. The molecule has 0 spiro atoms. The lowest BCUT2D eigenvalue weighted by atomic mass is 9.67. The first-order chi connectivity index (χ1) is 9.93. The van der Waals surface area contributed by atoms with Crippen molar-refractivity contribution in [2.24, 2.45) is 11.3 Å². The molecule has 21 heavy (non-hydrogen) atoms. The zero-order chi connectivity index (χ0) is 15.8. The predicted molar refractivity (Wildman–Crippen MR) is 91.4 cm³/mol. The van der Waals surface area contributed by atoms with Crippen molar-refractivity contribution in [2.45, 2.75) is 48.7 Å². The van der Waals surface area contributed by atoms with Crippen molar-refractivity contribution in [3.8, 4) is 0 Å². The van der Waals surface area contributed by atoms with Crippen LogP contribution in [-0.4, -0.2) is 30.7 Å².